The summed E-state index contributed by atoms with van der Waals surface area (Å²) in [4.78, 5) is 22.0. The van der Waals surface area contributed by atoms with E-state index in [-0.39, 0.29) is 5.78 Å². The Hall–Kier alpha value is -4.45. The van der Waals surface area contributed by atoms with Crippen molar-refractivity contribution in [2.24, 2.45) is 0 Å². The number of ether oxygens (including phenoxy) is 1. The molecule has 3 heterocycles. The first-order chi connectivity index (χ1) is 16.2. The molecule has 1 aliphatic heterocycles. The third-order valence-electron chi connectivity index (χ3n) is 5.49. The molecule has 0 amide bonds. The van der Waals surface area contributed by atoms with E-state index in [9.17, 15) is 4.79 Å². The van der Waals surface area contributed by atoms with Crippen LogP contribution in [0.2, 0.25) is 0 Å². The van der Waals surface area contributed by atoms with Crippen molar-refractivity contribution in [3.8, 4) is 5.75 Å². The number of hydrogen-bond donors (Lipinski definition) is 2. The van der Waals surface area contributed by atoms with E-state index in [0.29, 0.717) is 23.3 Å². The maximum atomic E-state index is 13.8. The number of nitrogens with one attached hydrogen (secondary N) is 2. The van der Waals surface area contributed by atoms with Crippen LogP contribution in [0.1, 0.15) is 15.9 Å². The zero-order chi connectivity index (χ0) is 22.6. The first kappa shape index (κ1) is 20.5. The number of carbonyl (C=O) groups is 1. The minimum absolute atomic E-state index is 0.106. The summed E-state index contributed by atoms with van der Waals surface area (Å²) in [5.41, 5.74) is 3.55. The largest absolute Gasteiger partial charge is 0.465 e. The summed E-state index contributed by atoms with van der Waals surface area (Å²) in [6.07, 6.45) is 10.3. The van der Waals surface area contributed by atoms with Gasteiger partial charge in [-0.25, -0.2) is 0 Å². The first-order valence-electron chi connectivity index (χ1n) is 10.6. The summed E-state index contributed by atoms with van der Waals surface area (Å²) in [6, 6.07) is 17.3. The number of allylic oxidation sites excluding steroid dienone is 1. The first-order valence-corrected chi connectivity index (χ1v) is 10.6. The molecule has 1 unspecified atom stereocenters. The van der Waals surface area contributed by atoms with Crippen LogP contribution in [0.5, 0.6) is 5.75 Å². The molecule has 0 bridgehead atoms. The van der Waals surface area contributed by atoms with Crippen LogP contribution in [0.3, 0.4) is 0 Å². The Morgan fingerprint density at radius 1 is 0.970 bits per heavy atom. The van der Waals surface area contributed by atoms with E-state index in [4.69, 9.17) is 4.74 Å². The quantitative estimate of drug-likeness (QED) is 0.314. The van der Waals surface area contributed by atoms with E-state index >= 15 is 0 Å². The zero-order valence-electron chi connectivity index (χ0n) is 17.9. The average molecular weight is 434 g/mol. The van der Waals surface area contributed by atoms with E-state index in [1.807, 2.05) is 60.7 Å². The minimum atomic E-state index is -0.702. The monoisotopic (exact) mass is 434 g/mol. The van der Waals surface area contributed by atoms with Crippen LogP contribution in [0.4, 0.5) is 11.4 Å². The predicted molar refractivity (Wildman–Crippen MR) is 130 cm³/mol. The van der Waals surface area contributed by atoms with Gasteiger partial charge in [0.2, 0.25) is 6.23 Å². The van der Waals surface area contributed by atoms with Crippen LogP contribution in [0.25, 0.3) is 10.8 Å². The molecule has 162 valence electrons. The van der Waals surface area contributed by atoms with Crippen molar-refractivity contribution >= 4 is 27.9 Å². The Morgan fingerprint density at radius 2 is 1.70 bits per heavy atom. The SMILES string of the molecule is C=CCc1cc2c(c3ccccc13)OC(Nc1cccnc1)C(=CNc1cccnc1)C2=O. The number of Topliss-reactive ketones (excluding diaryl/α,β-unsaturated/α-hetero) is 1. The number of anilines is 2. The van der Waals surface area contributed by atoms with Crippen molar-refractivity contribution in [3.63, 3.8) is 0 Å². The minimum Gasteiger partial charge on any atom is -0.465 e. The maximum absolute atomic E-state index is 13.8. The third-order valence-corrected chi connectivity index (χ3v) is 5.49. The lowest BCUT2D eigenvalue weighted by atomic mass is 9.91. The third kappa shape index (κ3) is 4.06. The number of rotatable bonds is 6. The topological polar surface area (TPSA) is 76.1 Å². The van der Waals surface area contributed by atoms with Crippen LogP contribution in [-0.4, -0.2) is 22.0 Å². The highest BCUT2D eigenvalue weighted by Gasteiger charge is 2.34. The zero-order valence-corrected chi connectivity index (χ0v) is 17.9. The highest BCUT2D eigenvalue weighted by Crippen LogP contribution is 2.39. The molecule has 0 radical (unpaired) electrons. The molecule has 0 saturated heterocycles. The molecule has 4 aromatic rings. The highest BCUT2D eigenvalue weighted by atomic mass is 16.5. The number of benzene rings is 2. The highest BCUT2D eigenvalue weighted by molar-refractivity contribution is 6.16. The Morgan fingerprint density at radius 3 is 2.39 bits per heavy atom. The van der Waals surface area contributed by atoms with Gasteiger partial charge < -0.3 is 15.4 Å². The molecule has 2 N–H and O–H groups in total. The summed E-state index contributed by atoms with van der Waals surface area (Å²) < 4.78 is 6.44. The molecule has 0 spiro atoms. The summed E-state index contributed by atoms with van der Waals surface area (Å²) >= 11 is 0. The fraction of sp³-hybridized carbons (Fsp3) is 0.0741. The molecule has 2 aromatic carbocycles. The standard InChI is InChI=1S/C27H22N4O2/c1-2-7-18-14-23-25(32)24(17-30-19-8-5-12-28-15-19)27(31-20-9-6-13-29-16-20)33-26(23)22-11-4-3-10-21(18)22/h2-6,8-17,27,30-31H,1,7H2. The molecule has 6 nitrogen and oxygen atoms in total. The molecule has 1 atom stereocenters. The smallest absolute Gasteiger partial charge is 0.201 e. The molecule has 5 rings (SSSR count). The van der Waals surface area contributed by atoms with E-state index < -0.39 is 6.23 Å². The van der Waals surface area contributed by atoms with Crippen LogP contribution in [0, 0.1) is 0 Å². The lowest BCUT2D eigenvalue weighted by Gasteiger charge is -2.30. The summed E-state index contributed by atoms with van der Waals surface area (Å²) in [7, 11) is 0. The van der Waals surface area contributed by atoms with Crippen molar-refractivity contribution in [1.29, 1.82) is 0 Å². The van der Waals surface area contributed by atoms with Gasteiger partial charge in [-0.2, -0.15) is 0 Å². The molecule has 0 saturated carbocycles. The summed E-state index contributed by atoms with van der Waals surface area (Å²) in [6.45, 7) is 3.87. The predicted octanol–water partition coefficient (Wildman–Crippen LogP) is 5.37. The van der Waals surface area contributed by atoms with Gasteiger partial charge >= 0.3 is 0 Å². The lowest BCUT2D eigenvalue weighted by molar-refractivity contribution is 0.0975. The van der Waals surface area contributed by atoms with Gasteiger partial charge in [0.15, 0.2) is 5.78 Å². The van der Waals surface area contributed by atoms with Gasteiger partial charge in [0.1, 0.15) is 5.75 Å². The Balaban J connectivity index is 1.62. The van der Waals surface area contributed by atoms with Gasteiger partial charge in [-0.1, -0.05) is 30.3 Å². The molecule has 1 aliphatic rings. The van der Waals surface area contributed by atoms with Crippen LogP contribution in [0.15, 0.2) is 104 Å². The molecule has 2 aromatic heterocycles. The maximum Gasteiger partial charge on any atom is 0.201 e. The van der Waals surface area contributed by atoms with E-state index in [1.165, 1.54) is 0 Å². The molecule has 0 fully saturated rings. The molecule has 0 aliphatic carbocycles. The second kappa shape index (κ2) is 8.96. The lowest BCUT2D eigenvalue weighted by Crippen LogP contribution is -2.37. The van der Waals surface area contributed by atoms with Gasteiger partial charge in [0, 0.05) is 24.0 Å². The van der Waals surface area contributed by atoms with Gasteiger partial charge in [0.05, 0.1) is 34.9 Å². The van der Waals surface area contributed by atoms with Crippen molar-refractivity contribution in [3.05, 3.63) is 115 Å². The van der Waals surface area contributed by atoms with Crippen molar-refractivity contribution in [1.82, 2.24) is 9.97 Å². The Kier molecular flexibility index (Phi) is 5.55. The molecule has 6 heteroatoms. The summed E-state index contributed by atoms with van der Waals surface area (Å²) in [5.74, 6) is 0.466. The van der Waals surface area contributed by atoms with Crippen molar-refractivity contribution < 1.29 is 9.53 Å². The van der Waals surface area contributed by atoms with Crippen LogP contribution in [-0.2, 0) is 6.42 Å². The van der Waals surface area contributed by atoms with E-state index in [2.05, 4.69) is 27.2 Å². The number of pyridine rings is 2. The van der Waals surface area contributed by atoms with Gasteiger partial charge in [-0.3, -0.25) is 14.8 Å². The van der Waals surface area contributed by atoms with Crippen LogP contribution >= 0.6 is 0 Å². The molecular weight excluding hydrogens is 412 g/mol. The number of carbonyl (C=O) groups excluding carboxylic acids is 1. The van der Waals surface area contributed by atoms with Crippen LogP contribution < -0.4 is 15.4 Å². The van der Waals surface area contributed by atoms with E-state index in [0.717, 1.165) is 27.7 Å². The van der Waals surface area contributed by atoms with Crippen molar-refractivity contribution in [2.75, 3.05) is 10.6 Å². The Bertz CT molecular complexity index is 1350. The van der Waals surface area contributed by atoms with Gasteiger partial charge in [-0.05, 0) is 47.7 Å². The van der Waals surface area contributed by atoms with Crippen molar-refractivity contribution in [2.45, 2.75) is 12.6 Å². The van der Waals surface area contributed by atoms with Gasteiger partial charge in [-0.15, -0.1) is 6.58 Å². The number of nitrogens with zero attached hydrogens (tertiary/aromatic N) is 2. The fourth-order valence-electron chi connectivity index (χ4n) is 3.96. The summed E-state index contributed by atoms with van der Waals surface area (Å²) in [5, 5.41) is 8.42. The van der Waals surface area contributed by atoms with E-state index in [1.54, 1.807) is 31.0 Å². The van der Waals surface area contributed by atoms with Gasteiger partial charge in [0.25, 0.3) is 0 Å². The Labute approximate surface area is 191 Å². The number of ketones is 1. The number of hydrogen-bond acceptors (Lipinski definition) is 6. The molecule has 33 heavy (non-hydrogen) atoms. The molecular formula is C27H22N4O2. The number of fused-ring (bicyclic) bond motifs is 3. The number of aromatic nitrogens is 2. The second-order valence-electron chi connectivity index (χ2n) is 7.65. The average Bonchev–Trinajstić information content (AvgIpc) is 2.86. The fourth-order valence-corrected chi connectivity index (χ4v) is 3.96. The normalized spacial score (nSPS) is 16.2. The second-order valence-corrected chi connectivity index (χ2v) is 7.65.